The van der Waals surface area contributed by atoms with Gasteiger partial charge in [-0.1, -0.05) is 6.92 Å². The Morgan fingerprint density at radius 1 is 1.50 bits per heavy atom. The fourth-order valence-corrected chi connectivity index (χ4v) is 2.29. The molecule has 1 fully saturated rings. The van der Waals surface area contributed by atoms with Crippen LogP contribution in [0.1, 0.15) is 19.8 Å². The highest BCUT2D eigenvalue weighted by Gasteiger charge is 2.37. The molecule has 2 atom stereocenters. The first-order chi connectivity index (χ1) is 8.56. The summed E-state index contributed by atoms with van der Waals surface area (Å²) in [4.78, 5) is 24.5. The first-order valence-corrected chi connectivity index (χ1v) is 6.28. The molecule has 1 saturated heterocycles. The number of rotatable bonds is 7. The van der Waals surface area contributed by atoms with Gasteiger partial charge >= 0.3 is 5.97 Å². The number of hydrogen-bond donors (Lipinski definition) is 2. The number of carbonyl (C=O) groups excluding carboxylic acids is 1. The van der Waals surface area contributed by atoms with Gasteiger partial charge in [-0.05, 0) is 25.3 Å². The normalized spacial score (nSPS) is 24.1. The summed E-state index contributed by atoms with van der Waals surface area (Å²) in [7, 11) is 1.62. The maximum absolute atomic E-state index is 11.7. The lowest BCUT2D eigenvalue weighted by Gasteiger charge is -2.22. The van der Waals surface area contributed by atoms with Crippen molar-refractivity contribution in [2.45, 2.75) is 25.8 Å². The van der Waals surface area contributed by atoms with E-state index in [2.05, 4.69) is 5.32 Å². The topological polar surface area (TPSA) is 78.9 Å². The van der Waals surface area contributed by atoms with E-state index < -0.39 is 12.0 Å². The minimum Gasteiger partial charge on any atom is -0.480 e. The number of nitrogens with zero attached hydrogens (tertiary/aromatic N) is 1. The maximum Gasteiger partial charge on any atom is 0.321 e. The second-order valence-corrected chi connectivity index (χ2v) is 4.72. The van der Waals surface area contributed by atoms with Gasteiger partial charge in [-0.15, -0.1) is 0 Å². The quantitative estimate of drug-likeness (QED) is 0.625. The minimum absolute atomic E-state index is 0.101. The van der Waals surface area contributed by atoms with Crippen molar-refractivity contribution in [1.29, 1.82) is 0 Å². The monoisotopic (exact) mass is 258 g/mol. The first-order valence-electron chi connectivity index (χ1n) is 6.28. The zero-order chi connectivity index (χ0) is 13.5. The van der Waals surface area contributed by atoms with Gasteiger partial charge in [0.25, 0.3) is 0 Å². The van der Waals surface area contributed by atoms with Gasteiger partial charge in [0.15, 0.2) is 0 Å². The highest BCUT2D eigenvalue weighted by Crippen LogP contribution is 2.23. The van der Waals surface area contributed by atoms with Crippen LogP contribution in [0.5, 0.6) is 0 Å². The van der Waals surface area contributed by atoms with Crippen molar-refractivity contribution < 1.29 is 19.4 Å². The number of aliphatic carboxylic acids is 1. The number of likely N-dealkylation sites (tertiary alicyclic amines) is 1. The van der Waals surface area contributed by atoms with E-state index in [1.807, 2.05) is 6.92 Å². The molecule has 1 aliphatic heterocycles. The summed E-state index contributed by atoms with van der Waals surface area (Å²) in [6.45, 7) is 3.92. The zero-order valence-corrected chi connectivity index (χ0v) is 11.0. The molecule has 6 nitrogen and oxygen atoms in total. The Kier molecular flexibility index (Phi) is 6.07. The van der Waals surface area contributed by atoms with Crippen molar-refractivity contribution in [3.8, 4) is 0 Å². The van der Waals surface area contributed by atoms with Gasteiger partial charge in [0.1, 0.15) is 6.04 Å². The van der Waals surface area contributed by atoms with E-state index in [9.17, 15) is 9.59 Å². The summed E-state index contributed by atoms with van der Waals surface area (Å²) in [5, 5.41) is 11.9. The molecule has 0 bridgehead atoms. The van der Waals surface area contributed by atoms with E-state index in [4.69, 9.17) is 9.84 Å². The number of ether oxygens (including phenoxy) is 1. The molecule has 6 heteroatoms. The van der Waals surface area contributed by atoms with Gasteiger partial charge < -0.3 is 15.2 Å². The fraction of sp³-hybridized carbons (Fsp3) is 0.833. The average molecular weight is 258 g/mol. The van der Waals surface area contributed by atoms with E-state index in [1.165, 1.54) is 0 Å². The zero-order valence-electron chi connectivity index (χ0n) is 11.0. The number of carbonyl (C=O) groups is 2. The summed E-state index contributed by atoms with van der Waals surface area (Å²) >= 11 is 0. The molecule has 0 aromatic rings. The number of methoxy groups -OCH3 is 1. The highest BCUT2D eigenvalue weighted by atomic mass is 16.5. The minimum atomic E-state index is -0.841. The number of amides is 1. The molecule has 0 spiro atoms. The van der Waals surface area contributed by atoms with E-state index in [-0.39, 0.29) is 18.4 Å². The van der Waals surface area contributed by atoms with Crippen LogP contribution in [-0.4, -0.2) is 61.3 Å². The third-order valence-electron chi connectivity index (χ3n) is 3.25. The fourth-order valence-electron chi connectivity index (χ4n) is 2.29. The van der Waals surface area contributed by atoms with E-state index in [1.54, 1.807) is 12.0 Å². The van der Waals surface area contributed by atoms with Crippen molar-refractivity contribution in [1.82, 2.24) is 10.2 Å². The Bertz CT molecular complexity index is 296. The van der Waals surface area contributed by atoms with Crippen LogP contribution in [-0.2, 0) is 14.3 Å². The van der Waals surface area contributed by atoms with Gasteiger partial charge in [-0.3, -0.25) is 14.5 Å². The predicted molar refractivity (Wildman–Crippen MR) is 66.3 cm³/mol. The van der Waals surface area contributed by atoms with Crippen LogP contribution in [0.2, 0.25) is 0 Å². The Balaban J connectivity index is 2.32. The van der Waals surface area contributed by atoms with Crippen LogP contribution in [0.3, 0.4) is 0 Å². The molecule has 18 heavy (non-hydrogen) atoms. The summed E-state index contributed by atoms with van der Waals surface area (Å²) in [6, 6.07) is -0.533. The third-order valence-corrected chi connectivity index (χ3v) is 3.25. The Labute approximate surface area is 107 Å². The smallest absolute Gasteiger partial charge is 0.321 e. The maximum atomic E-state index is 11.7. The molecule has 1 heterocycles. The van der Waals surface area contributed by atoms with Gasteiger partial charge in [0.05, 0.1) is 6.54 Å². The predicted octanol–water partition coefficient (Wildman–Crippen LogP) is -0.0659. The van der Waals surface area contributed by atoms with Gasteiger partial charge in [0.2, 0.25) is 5.91 Å². The standard InChI is InChI=1S/C12H22N2O4/c1-9-4-6-14(11(9)12(16)17)8-10(15)13-5-3-7-18-2/h9,11H,3-8H2,1-2H3,(H,13,15)(H,16,17). The SMILES string of the molecule is COCCCNC(=O)CN1CCC(C)C1C(=O)O. The van der Waals surface area contributed by atoms with Crippen LogP contribution in [0.4, 0.5) is 0 Å². The molecular weight excluding hydrogens is 236 g/mol. The molecular formula is C12H22N2O4. The Morgan fingerprint density at radius 3 is 2.83 bits per heavy atom. The van der Waals surface area contributed by atoms with E-state index in [0.717, 1.165) is 12.8 Å². The number of carboxylic acid groups (broad SMARTS) is 1. The first kappa shape index (κ1) is 14.9. The molecule has 2 N–H and O–H groups in total. The van der Waals surface area contributed by atoms with Crippen LogP contribution < -0.4 is 5.32 Å². The molecule has 0 aliphatic carbocycles. The second-order valence-electron chi connectivity index (χ2n) is 4.72. The van der Waals surface area contributed by atoms with Crippen LogP contribution in [0.25, 0.3) is 0 Å². The second kappa shape index (κ2) is 7.33. The molecule has 1 aliphatic rings. The van der Waals surface area contributed by atoms with E-state index in [0.29, 0.717) is 19.7 Å². The molecule has 1 amide bonds. The van der Waals surface area contributed by atoms with Crippen molar-refractivity contribution in [3.05, 3.63) is 0 Å². The van der Waals surface area contributed by atoms with Crippen LogP contribution >= 0.6 is 0 Å². The van der Waals surface area contributed by atoms with Gasteiger partial charge in [-0.2, -0.15) is 0 Å². The number of hydrogen-bond acceptors (Lipinski definition) is 4. The average Bonchev–Trinajstić information content (AvgIpc) is 2.66. The Morgan fingerprint density at radius 2 is 2.22 bits per heavy atom. The van der Waals surface area contributed by atoms with Crippen LogP contribution in [0, 0.1) is 5.92 Å². The third kappa shape index (κ3) is 4.27. The van der Waals surface area contributed by atoms with Crippen molar-refractivity contribution in [2.75, 3.05) is 33.4 Å². The Hall–Kier alpha value is -1.14. The molecule has 0 aromatic carbocycles. The van der Waals surface area contributed by atoms with E-state index >= 15 is 0 Å². The number of nitrogens with one attached hydrogen (secondary N) is 1. The summed E-state index contributed by atoms with van der Waals surface area (Å²) in [6.07, 6.45) is 1.59. The molecule has 0 saturated carbocycles. The summed E-state index contributed by atoms with van der Waals surface area (Å²) < 4.78 is 4.88. The number of carboxylic acids is 1. The summed E-state index contributed by atoms with van der Waals surface area (Å²) in [5.74, 6) is -0.859. The lowest BCUT2D eigenvalue weighted by Crippen LogP contribution is -2.44. The molecule has 1 rings (SSSR count). The van der Waals surface area contributed by atoms with Crippen LogP contribution in [0.15, 0.2) is 0 Å². The molecule has 2 unspecified atom stereocenters. The molecule has 0 aromatic heterocycles. The molecule has 104 valence electrons. The lowest BCUT2D eigenvalue weighted by atomic mass is 10.0. The van der Waals surface area contributed by atoms with Gasteiger partial charge in [-0.25, -0.2) is 0 Å². The largest absolute Gasteiger partial charge is 0.480 e. The van der Waals surface area contributed by atoms with Crippen molar-refractivity contribution in [3.63, 3.8) is 0 Å². The molecule has 0 radical (unpaired) electrons. The van der Waals surface area contributed by atoms with Crippen molar-refractivity contribution >= 4 is 11.9 Å². The summed E-state index contributed by atoms with van der Waals surface area (Å²) in [5.41, 5.74) is 0. The highest BCUT2D eigenvalue weighted by molar-refractivity contribution is 5.80. The van der Waals surface area contributed by atoms with Gasteiger partial charge in [0, 0.05) is 20.3 Å². The van der Waals surface area contributed by atoms with Crippen molar-refractivity contribution in [2.24, 2.45) is 5.92 Å². The lowest BCUT2D eigenvalue weighted by molar-refractivity contribution is -0.143.